The van der Waals surface area contributed by atoms with Crippen molar-refractivity contribution < 1.29 is 13.7 Å². The van der Waals surface area contributed by atoms with Gasteiger partial charge in [0.2, 0.25) is 0 Å². The van der Waals surface area contributed by atoms with Crippen LogP contribution in [0.1, 0.15) is 62.2 Å². The van der Waals surface area contributed by atoms with E-state index in [9.17, 15) is 0 Å². The summed E-state index contributed by atoms with van der Waals surface area (Å²) >= 11 is 0. The Balaban J connectivity index is 1.81. The highest BCUT2D eigenvalue weighted by molar-refractivity contribution is 5.25. The highest BCUT2D eigenvalue weighted by Crippen LogP contribution is 2.34. The van der Waals surface area contributed by atoms with E-state index in [0.29, 0.717) is 0 Å². The van der Waals surface area contributed by atoms with Crippen molar-refractivity contribution in [1.82, 2.24) is 10.5 Å². The third kappa shape index (κ3) is 3.42. The van der Waals surface area contributed by atoms with Gasteiger partial charge in [-0.2, -0.15) is 0 Å². The standard InChI is InChI=1S/C19H28N2O3/c1-13-10-17(24-21-13)19(6-8-22-9-7-19)20-12-15-11-16(18(3,4)5)23-14(15)2/h10-11,20H,6-9,12H2,1-5H3. The van der Waals surface area contributed by atoms with E-state index in [0.717, 1.165) is 55.6 Å². The van der Waals surface area contributed by atoms with Gasteiger partial charge in [0.05, 0.1) is 11.2 Å². The van der Waals surface area contributed by atoms with E-state index >= 15 is 0 Å². The second-order valence-corrected chi connectivity index (χ2v) is 7.82. The lowest BCUT2D eigenvalue weighted by Crippen LogP contribution is -2.46. The summed E-state index contributed by atoms with van der Waals surface area (Å²) < 4.78 is 17.1. The van der Waals surface area contributed by atoms with Crippen molar-refractivity contribution in [2.75, 3.05) is 13.2 Å². The van der Waals surface area contributed by atoms with Crippen LogP contribution in [0.25, 0.3) is 0 Å². The largest absolute Gasteiger partial charge is 0.465 e. The van der Waals surface area contributed by atoms with Crippen LogP contribution in [-0.4, -0.2) is 18.4 Å². The predicted molar refractivity (Wildman–Crippen MR) is 92.0 cm³/mol. The Morgan fingerprint density at radius 3 is 2.42 bits per heavy atom. The van der Waals surface area contributed by atoms with Crippen molar-refractivity contribution in [1.29, 1.82) is 0 Å². The normalized spacial score (nSPS) is 18.0. The van der Waals surface area contributed by atoms with Gasteiger partial charge < -0.3 is 19.0 Å². The van der Waals surface area contributed by atoms with Crippen molar-refractivity contribution in [3.05, 3.63) is 40.7 Å². The van der Waals surface area contributed by atoms with Gasteiger partial charge in [0.15, 0.2) is 5.76 Å². The van der Waals surface area contributed by atoms with E-state index < -0.39 is 0 Å². The van der Waals surface area contributed by atoms with E-state index in [2.05, 4.69) is 37.3 Å². The lowest BCUT2D eigenvalue weighted by Gasteiger charge is -2.35. The first-order valence-corrected chi connectivity index (χ1v) is 8.66. The maximum Gasteiger partial charge on any atom is 0.157 e. The van der Waals surface area contributed by atoms with Crippen LogP contribution in [0, 0.1) is 13.8 Å². The smallest absolute Gasteiger partial charge is 0.157 e. The maximum absolute atomic E-state index is 5.96. The molecule has 1 aliphatic rings. The summed E-state index contributed by atoms with van der Waals surface area (Å²) in [4.78, 5) is 0. The quantitative estimate of drug-likeness (QED) is 0.918. The molecule has 5 heteroatoms. The summed E-state index contributed by atoms with van der Waals surface area (Å²) in [5, 5.41) is 7.78. The van der Waals surface area contributed by atoms with Crippen molar-refractivity contribution in [2.24, 2.45) is 0 Å². The Labute approximate surface area is 143 Å². The molecule has 0 radical (unpaired) electrons. The van der Waals surface area contributed by atoms with Crippen molar-refractivity contribution >= 4 is 0 Å². The molecule has 0 saturated carbocycles. The maximum atomic E-state index is 5.96. The summed E-state index contributed by atoms with van der Waals surface area (Å²) in [6.07, 6.45) is 1.76. The van der Waals surface area contributed by atoms with Crippen LogP contribution in [0.3, 0.4) is 0 Å². The molecule has 0 unspecified atom stereocenters. The first kappa shape index (κ1) is 17.2. The topological polar surface area (TPSA) is 60.4 Å². The summed E-state index contributed by atoms with van der Waals surface area (Å²) in [6.45, 7) is 12.7. The SMILES string of the molecule is Cc1cc(C2(NCc3cc(C(C)(C)C)oc3C)CCOCC2)on1. The van der Waals surface area contributed by atoms with Gasteiger partial charge in [-0.3, -0.25) is 0 Å². The van der Waals surface area contributed by atoms with Gasteiger partial charge in [-0.25, -0.2) is 0 Å². The van der Waals surface area contributed by atoms with Crippen LogP contribution >= 0.6 is 0 Å². The first-order chi connectivity index (χ1) is 11.3. The fourth-order valence-corrected chi connectivity index (χ4v) is 3.15. The van der Waals surface area contributed by atoms with Crippen molar-refractivity contribution in [2.45, 2.75) is 65.0 Å². The number of nitrogens with one attached hydrogen (secondary N) is 1. The minimum absolute atomic E-state index is 0.0153. The molecule has 3 heterocycles. The van der Waals surface area contributed by atoms with Crippen LogP contribution < -0.4 is 5.32 Å². The number of hydrogen-bond donors (Lipinski definition) is 1. The molecule has 1 saturated heterocycles. The van der Waals surface area contributed by atoms with Crippen molar-refractivity contribution in [3.8, 4) is 0 Å². The minimum Gasteiger partial charge on any atom is -0.465 e. The second-order valence-electron chi connectivity index (χ2n) is 7.82. The van der Waals surface area contributed by atoms with Crippen LogP contribution in [-0.2, 0) is 22.2 Å². The number of aromatic nitrogens is 1. The summed E-state index contributed by atoms with van der Waals surface area (Å²) in [5.41, 5.74) is 1.90. The third-order valence-electron chi connectivity index (χ3n) is 4.82. The van der Waals surface area contributed by atoms with Gasteiger partial charge in [0.1, 0.15) is 11.5 Å². The molecule has 0 bridgehead atoms. The second kappa shape index (κ2) is 6.37. The van der Waals surface area contributed by atoms with E-state index in [4.69, 9.17) is 13.7 Å². The minimum atomic E-state index is -0.217. The van der Waals surface area contributed by atoms with Crippen LogP contribution in [0.5, 0.6) is 0 Å². The molecule has 0 aromatic carbocycles. The Bertz CT molecular complexity index is 688. The molecule has 2 aromatic heterocycles. The molecule has 1 aliphatic heterocycles. The van der Waals surface area contributed by atoms with Crippen LogP contribution in [0.2, 0.25) is 0 Å². The molecule has 0 amide bonds. The van der Waals surface area contributed by atoms with Gasteiger partial charge in [-0.1, -0.05) is 25.9 Å². The first-order valence-electron chi connectivity index (χ1n) is 8.66. The number of nitrogens with zero attached hydrogens (tertiary/aromatic N) is 1. The van der Waals surface area contributed by atoms with Gasteiger partial charge in [0.25, 0.3) is 0 Å². The van der Waals surface area contributed by atoms with Crippen LogP contribution in [0.4, 0.5) is 0 Å². The lowest BCUT2D eigenvalue weighted by molar-refractivity contribution is 0.0241. The molecule has 0 aliphatic carbocycles. The zero-order valence-corrected chi connectivity index (χ0v) is 15.4. The molecule has 0 spiro atoms. The zero-order chi connectivity index (χ0) is 17.4. The average Bonchev–Trinajstić information content (AvgIpc) is 3.12. The molecular formula is C19H28N2O3. The average molecular weight is 332 g/mol. The number of rotatable bonds is 4. The van der Waals surface area contributed by atoms with E-state index in [1.54, 1.807) is 0 Å². The number of hydrogen-bond acceptors (Lipinski definition) is 5. The molecule has 5 nitrogen and oxygen atoms in total. The molecule has 24 heavy (non-hydrogen) atoms. The molecule has 1 fully saturated rings. The molecule has 0 atom stereocenters. The van der Waals surface area contributed by atoms with E-state index in [-0.39, 0.29) is 11.0 Å². The highest BCUT2D eigenvalue weighted by Gasteiger charge is 2.38. The summed E-state index contributed by atoms with van der Waals surface area (Å²) in [7, 11) is 0. The molecule has 2 aromatic rings. The van der Waals surface area contributed by atoms with Gasteiger partial charge in [0, 0.05) is 36.8 Å². The molecule has 1 N–H and O–H groups in total. The highest BCUT2D eigenvalue weighted by atomic mass is 16.5. The van der Waals surface area contributed by atoms with E-state index in [1.165, 1.54) is 5.56 Å². The van der Waals surface area contributed by atoms with Gasteiger partial charge in [-0.15, -0.1) is 0 Å². The lowest BCUT2D eigenvalue weighted by atomic mass is 9.86. The summed E-state index contributed by atoms with van der Waals surface area (Å²) in [6, 6.07) is 4.20. The van der Waals surface area contributed by atoms with Crippen molar-refractivity contribution in [3.63, 3.8) is 0 Å². The summed E-state index contributed by atoms with van der Waals surface area (Å²) in [5.74, 6) is 2.90. The fraction of sp³-hybridized carbons (Fsp3) is 0.632. The van der Waals surface area contributed by atoms with Crippen LogP contribution in [0.15, 0.2) is 21.1 Å². The fourth-order valence-electron chi connectivity index (χ4n) is 3.15. The molecule has 3 rings (SSSR count). The number of aryl methyl sites for hydroxylation is 2. The third-order valence-corrected chi connectivity index (χ3v) is 4.82. The number of furan rings is 1. The van der Waals surface area contributed by atoms with Gasteiger partial charge in [-0.05, 0) is 32.8 Å². The monoisotopic (exact) mass is 332 g/mol. The van der Waals surface area contributed by atoms with E-state index in [1.807, 2.05) is 19.9 Å². The molecule has 132 valence electrons. The Kier molecular flexibility index (Phi) is 4.58. The Hall–Kier alpha value is -1.59. The predicted octanol–water partition coefficient (Wildman–Crippen LogP) is 3.98. The number of ether oxygens (including phenoxy) is 1. The van der Waals surface area contributed by atoms with Gasteiger partial charge >= 0.3 is 0 Å². The molecular weight excluding hydrogens is 304 g/mol. The zero-order valence-electron chi connectivity index (χ0n) is 15.4. The Morgan fingerprint density at radius 2 is 1.88 bits per heavy atom. The Morgan fingerprint density at radius 1 is 1.17 bits per heavy atom.